The van der Waals surface area contributed by atoms with Gasteiger partial charge in [0.15, 0.2) is 0 Å². The van der Waals surface area contributed by atoms with Crippen LogP contribution in [0, 0.1) is 23.2 Å². The van der Waals surface area contributed by atoms with E-state index in [1.165, 1.54) is 38.5 Å². The Labute approximate surface area is 96.8 Å². The Hall–Kier alpha value is 0. The number of rotatable bonds is 4. The first-order chi connectivity index (χ1) is 7.06. The van der Waals surface area contributed by atoms with Crippen molar-refractivity contribution < 1.29 is 0 Å². The van der Waals surface area contributed by atoms with E-state index in [0.29, 0.717) is 5.41 Å². The molecule has 0 amide bonds. The van der Waals surface area contributed by atoms with E-state index in [2.05, 4.69) is 34.6 Å². The quantitative estimate of drug-likeness (QED) is 0.592. The molecule has 0 aromatic carbocycles. The minimum atomic E-state index is 0.592. The van der Waals surface area contributed by atoms with Gasteiger partial charge in [-0.05, 0) is 29.6 Å². The molecule has 0 spiro atoms. The highest BCUT2D eigenvalue weighted by Crippen LogP contribution is 2.49. The summed E-state index contributed by atoms with van der Waals surface area (Å²) in [6.45, 7) is 12.2. The first kappa shape index (κ1) is 13.1. The fourth-order valence-corrected chi connectivity index (χ4v) is 3.74. The van der Waals surface area contributed by atoms with Crippen molar-refractivity contribution in [3.63, 3.8) is 0 Å². The molecule has 0 saturated heterocycles. The zero-order chi connectivity index (χ0) is 11.5. The van der Waals surface area contributed by atoms with Crippen molar-refractivity contribution in [1.29, 1.82) is 0 Å². The molecule has 3 unspecified atom stereocenters. The lowest BCUT2D eigenvalue weighted by Gasteiger charge is -2.47. The van der Waals surface area contributed by atoms with Crippen LogP contribution in [-0.4, -0.2) is 0 Å². The van der Waals surface area contributed by atoms with Crippen molar-refractivity contribution in [3.05, 3.63) is 0 Å². The molecule has 1 fully saturated rings. The van der Waals surface area contributed by atoms with E-state index in [1.54, 1.807) is 0 Å². The van der Waals surface area contributed by atoms with E-state index in [9.17, 15) is 0 Å². The smallest absolute Gasteiger partial charge is 0.0272 e. The molecule has 0 nitrogen and oxygen atoms in total. The zero-order valence-corrected chi connectivity index (χ0v) is 11.5. The van der Waals surface area contributed by atoms with Crippen LogP contribution in [0.1, 0.15) is 73.1 Å². The molecule has 0 heteroatoms. The van der Waals surface area contributed by atoms with Gasteiger partial charge in [0.2, 0.25) is 0 Å². The molecule has 1 aliphatic rings. The van der Waals surface area contributed by atoms with Crippen LogP contribution in [0.2, 0.25) is 0 Å². The summed E-state index contributed by atoms with van der Waals surface area (Å²) in [5.74, 6) is 2.82. The van der Waals surface area contributed by atoms with Crippen molar-refractivity contribution in [2.45, 2.75) is 73.1 Å². The van der Waals surface area contributed by atoms with Crippen molar-refractivity contribution in [2.24, 2.45) is 23.2 Å². The van der Waals surface area contributed by atoms with Gasteiger partial charge in [0.25, 0.3) is 0 Å². The van der Waals surface area contributed by atoms with Crippen LogP contribution in [0.4, 0.5) is 0 Å². The van der Waals surface area contributed by atoms with Crippen LogP contribution in [0.15, 0.2) is 0 Å². The highest BCUT2D eigenvalue weighted by atomic mass is 14.4. The van der Waals surface area contributed by atoms with Gasteiger partial charge in [0.1, 0.15) is 0 Å². The number of hydrogen-bond acceptors (Lipinski definition) is 0. The van der Waals surface area contributed by atoms with Crippen LogP contribution >= 0.6 is 0 Å². The Balaban J connectivity index is 2.78. The number of hydrogen-bond donors (Lipinski definition) is 0. The molecule has 0 aromatic heterocycles. The van der Waals surface area contributed by atoms with E-state index >= 15 is 0 Å². The van der Waals surface area contributed by atoms with Gasteiger partial charge in [0.05, 0.1) is 0 Å². The third-order valence-corrected chi connectivity index (χ3v) is 5.46. The fourth-order valence-electron chi connectivity index (χ4n) is 3.74. The Morgan fingerprint density at radius 3 is 2.27 bits per heavy atom. The van der Waals surface area contributed by atoms with E-state index in [0.717, 1.165) is 17.8 Å². The van der Waals surface area contributed by atoms with E-state index in [4.69, 9.17) is 0 Å². The second kappa shape index (κ2) is 5.37. The summed E-state index contributed by atoms with van der Waals surface area (Å²) in [7, 11) is 0. The third kappa shape index (κ3) is 2.57. The minimum Gasteiger partial charge on any atom is -0.0651 e. The van der Waals surface area contributed by atoms with Crippen molar-refractivity contribution in [1.82, 2.24) is 0 Å². The summed E-state index contributed by atoms with van der Waals surface area (Å²) in [4.78, 5) is 0. The average Bonchev–Trinajstić information content (AvgIpc) is 2.27. The van der Waals surface area contributed by atoms with Gasteiger partial charge < -0.3 is 0 Å². The molecule has 15 heavy (non-hydrogen) atoms. The van der Waals surface area contributed by atoms with Gasteiger partial charge in [0, 0.05) is 0 Å². The molecule has 1 saturated carbocycles. The van der Waals surface area contributed by atoms with Crippen LogP contribution in [0.25, 0.3) is 0 Å². The van der Waals surface area contributed by atoms with E-state index in [1.807, 2.05) is 0 Å². The van der Waals surface area contributed by atoms with Gasteiger partial charge in [-0.15, -0.1) is 0 Å². The Morgan fingerprint density at radius 2 is 1.80 bits per heavy atom. The SMILES string of the molecule is CC[C@H](C)C(C)(CC)C1CCCCC1C. The molecule has 1 aliphatic carbocycles. The largest absolute Gasteiger partial charge is 0.0651 e. The van der Waals surface area contributed by atoms with Gasteiger partial charge >= 0.3 is 0 Å². The molecule has 0 aromatic rings. The summed E-state index contributed by atoms with van der Waals surface area (Å²) < 4.78 is 0. The first-order valence-corrected chi connectivity index (χ1v) is 7.06. The van der Waals surface area contributed by atoms with Crippen molar-refractivity contribution in [3.8, 4) is 0 Å². The van der Waals surface area contributed by atoms with Gasteiger partial charge in [-0.1, -0.05) is 66.7 Å². The monoisotopic (exact) mass is 210 g/mol. The summed E-state index contributed by atoms with van der Waals surface area (Å²) in [6, 6.07) is 0. The molecular formula is C15H30. The third-order valence-electron chi connectivity index (χ3n) is 5.46. The maximum Gasteiger partial charge on any atom is -0.0272 e. The molecule has 90 valence electrons. The maximum atomic E-state index is 2.55. The molecule has 4 atom stereocenters. The summed E-state index contributed by atoms with van der Waals surface area (Å²) in [6.07, 6.45) is 8.59. The predicted octanol–water partition coefficient (Wildman–Crippen LogP) is 5.28. The lowest BCUT2D eigenvalue weighted by molar-refractivity contribution is 0.0289. The molecule has 0 aliphatic heterocycles. The molecule has 0 bridgehead atoms. The summed E-state index contributed by atoms with van der Waals surface area (Å²) in [5.41, 5.74) is 0.592. The van der Waals surface area contributed by atoms with Crippen LogP contribution in [-0.2, 0) is 0 Å². The Bertz CT molecular complexity index is 184. The second-order valence-corrected chi connectivity index (χ2v) is 6.04. The second-order valence-electron chi connectivity index (χ2n) is 6.04. The lowest BCUT2D eigenvalue weighted by atomic mass is 9.58. The molecular weight excluding hydrogens is 180 g/mol. The van der Waals surface area contributed by atoms with Crippen LogP contribution in [0.5, 0.6) is 0 Å². The normalized spacial score (nSPS) is 33.4. The highest BCUT2D eigenvalue weighted by Gasteiger charge is 2.40. The summed E-state index contributed by atoms with van der Waals surface area (Å²) >= 11 is 0. The Morgan fingerprint density at radius 1 is 1.20 bits per heavy atom. The minimum absolute atomic E-state index is 0.592. The van der Waals surface area contributed by atoms with Crippen molar-refractivity contribution in [2.75, 3.05) is 0 Å². The zero-order valence-electron chi connectivity index (χ0n) is 11.5. The molecule has 1 rings (SSSR count). The maximum absolute atomic E-state index is 2.55. The van der Waals surface area contributed by atoms with Gasteiger partial charge in [-0.2, -0.15) is 0 Å². The fraction of sp³-hybridized carbons (Fsp3) is 1.00. The predicted molar refractivity (Wildman–Crippen MR) is 69.0 cm³/mol. The van der Waals surface area contributed by atoms with Crippen molar-refractivity contribution >= 4 is 0 Å². The Kier molecular flexibility index (Phi) is 4.67. The topological polar surface area (TPSA) is 0 Å². The summed E-state index contributed by atoms with van der Waals surface area (Å²) in [5, 5.41) is 0. The van der Waals surface area contributed by atoms with E-state index < -0.39 is 0 Å². The molecule has 0 heterocycles. The molecule has 0 N–H and O–H groups in total. The molecule has 0 radical (unpaired) electrons. The van der Waals surface area contributed by atoms with Gasteiger partial charge in [-0.3, -0.25) is 0 Å². The van der Waals surface area contributed by atoms with E-state index in [-0.39, 0.29) is 0 Å². The lowest BCUT2D eigenvalue weighted by Crippen LogP contribution is -2.38. The standard InChI is InChI=1S/C15H30/c1-6-13(4)15(5,7-2)14-11-9-8-10-12(14)3/h12-14H,6-11H2,1-5H3/t12?,13-,14?,15?/m0/s1. The van der Waals surface area contributed by atoms with Crippen LogP contribution in [0.3, 0.4) is 0 Å². The van der Waals surface area contributed by atoms with Crippen LogP contribution < -0.4 is 0 Å². The van der Waals surface area contributed by atoms with Gasteiger partial charge in [-0.25, -0.2) is 0 Å². The highest BCUT2D eigenvalue weighted by molar-refractivity contribution is 4.89. The average molecular weight is 210 g/mol. The first-order valence-electron chi connectivity index (χ1n) is 7.06.